The fraction of sp³-hybridized carbons (Fsp3) is 0.600. The molecule has 7 N–H and O–H groups in total. The largest absolute Gasteiger partial charge is 0.396 e. The predicted molar refractivity (Wildman–Crippen MR) is 69.1 cm³/mol. The van der Waals surface area contributed by atoms with Gasteiger partial charge in [-0.2, -0.15) is 9.97 Å². The molecular weight excluding hydrogens is 258 g/mol. The van der Waals surface area contributed by atoms with Gasteiger partial charge in [0.1, 0.15) is 5.69 Å². The predicted octanol–water partition coefficient (Wildman–Crippen LogP) is -0.160. The zero-order valence-corrected chi connectivity index (χ0v) is 10.5. The minimum Gasteiger partial charge on any atom is -0.396 e. The highest BCUT2D eigenvalue weighted by atomic mass is 35.5. The Morgan fingerprint density at radius 1 is 1.39 bits per heavy atom. The third-order valence-corrected chi connectivity index (χ3v) is 3.79. The maximum absolute atomic E-state index is 9.51. The first kappa shape index (κ1) is 13.1. The number of aliphatic hydroxyl groups excluding tert-OH is 2. The van der Waals surface area contributed by atoms with Gasteiger partial charge in [-0.3, -0.25) is 0 Å². The van der Waals surface area contributed by atoms with Crippen molar-refractivity contribution in [2.75, 3.05) is 30.0 Å². The number of aliphatic hydroxyl groups is 2. The third-order valence-electron chi connectivity index (χ3n) is 3.51. The maximum atomic E-state index is 9.51. The Balaban J connectivity index is 2.28. The highest BCUT2D eigenvalue weighted by Gasteiger charge is 2.46. The quantitative estimate of drug-likeness (QED) is 0.482. The van der Waals surface area contributed by atoms with Gasteiger partial charge in [-0.05, 0) is 12.8 Å². The lowest BCUT2D eigenvalue weighted by atomic mass is 9.67. The molecule has 1 aromatic heterocycles. The number of nitrogens with zero attached hydrogens (tertiary/aromatic N) is 2. The molecule has 7 nitrogen and oxygen atoms in total. The van der Waals surface area contributed by atoms with Gasteiger partial charge in [0.25, 0.3) is 0 Å². The highest BCUT2D eigenvalue weighted by molar-refractivity contribution is 6.32. The van der Waals surface area contributed by atoms with E-state index in [4.69, 9.17) is 23.1 Å². The number of aromatic nitrogens is 2. The van der Waals surface area contributed by atoms with Crippen LogP contribution in [-0.4, -0.2) is 38.9 Å². The monoisotopic (exact) mass is 273 g/mol. The highest BCUT2D eigenvalue weighted by Crippen LogP contribution is 2.41. The first-order valence-corrected chi connectivity index (χ1v) is 5.98. The van der Waals surface area contributed by atoms with Crippen molar-refractivity contribution in [3.05, 3.63) is 5.15 Å². The van der Waals surface area contributed by atoms with Crippen molar-refractivity contribution in [2.24, 2.45) is 5.92 Å². The first-order valence-electron chi connectivity index (χ1n) is 5.61. The minimum atomic E-state index is -0.618. The van der Waals surface area contributed by atoms with Gasteiger partial charge in [0.05, 0.1) is 12.1 Å². The second-order valence-corrected chi connectivity index (χ2v) is 4.85. The maximum Gasteiger partial charge on any atom is 0.223 e. The molecule has 1 saturated carbocycles. The van der Waals surface area contributed by atoms with E-state index in [-0.39, 0.29) is 35.9 Å². The lowest BCUT2D eigenvalue weighted by molar-refractivity contribution is 0.0322. The van der Waals surface area contributed by atoms with Crippen LogP contribution in [0.4, 0.5) is 17.5 Å². The van der Waals surface area contributed by atoms with Gasteiger partial charge in [-0.25, -0.2) is 0 Å². The fourth-order valence-electron chi connectivity index (χ4n) is 2.16. The molecule has 1 fully saturated rings. The normalized spacial score (nSPS) is 26.7. The number of anilines is 3. The molecule has 1 heterocycles. The van der Waals surface area contributed by atoms with Gasteiger partial charge in [0, 0.05) is 12.5 Å². The molecule has 0 bridgehead atoms. The van der Waals surface area contributed by atoms with Gasteiger partial charge >= 0.3 is 0 Å². The van der Waals surface area contributed by atoms with Crippen LogP contribution >= 0.6 is 11.6 Å². The van der Waals surface area contributed by atoms with Crippen LogP contribution in [0.1, 0.15) is 12.8 Å². The molecule has 100 valence electrons. The van der Waals surface area contributed by atoms with Crippen LogP contribution in [0, 0.1) is 5.92 Å². The zero-order valence-electron chi connectivity index (χ0n) is 9.73. The number of hydrogen-bond acceptors (Lipinski definition) is 7. The minimum absolute atomic E-state index is 0.00432. The topological polar surface area (TPSA) is 130 Å². The van der Waals surface area contributed by atoms with Crippen molar-refractivity contribution in [1.29, 1.82) is 0 Å². The van der Waals surface area contributed by atoms with E-state index in [2.05, 4.69) is 15.3 Å². The number of nitrogen functional groups attached to an aromatic ring is 2. The van der Waals surface area contributed by atoms with Gasteiger partial charge in [0.15, 0.2) is 11.0 Å². The fourth-order valence-corrected chi connectivity index (χ4v) is 2.34. The van der Waals surface area contributed by atoms with E-state index >= 15 is 0 Å². The lowest BCUT2D eigenvalue weighted by Crippen LogP contribution is -2.57. The summed E-state index contributed by atoms with van der Waals surface area (Å²) >= 11 is 5.81. The first-order chi connectivity index (χ1) is 8.52. The number of nitrogens with one attached hydrogen (secondary N) is 1. The van der Waals surface area contributed by atoms with Crippen molar-refractivity contribution >= 4 is 29.1 Å². The van der Waals surface area contributed by atoms with Crippen molar-refractivity contribution in [2.45, 2.75) is 18.4 Å². The Kier molecular flexibility index (Phi) is 3.47. The lowest BCUT2D eigenvalue weighted by Gasteiger charge is -2.48. The van der Waals surface area contributed by atoms with Crippen LogP contribution in [0.5, 0.6) is 0 Å². The molecule has 1 aliphatic rings. The molecule has 1 aromatic rings. The molecule has 1 aliphatic carbocycles. The summed E-state index contributed by atoms with van der Waals surface area (Å²) in [6, 6.07) is 0. The van der Waals surface area contributed by atoms with Crippen LogP contribution in [0.2, 0.25) is 5.15 Å². The Morgan fingerprint density at radius 3 is 2.61 bits per heavy atom. The van der Waals surface area contributed by atoms with E-state index in [0.717, 1.165) is 12.8 Å². The van der Waals surface area contributed by atoms with Crippen LogP contribution in [-0.2, 0) is 0 Å². The molecule has 2 atom stereocenters. The van der Waals surface area contributed by atoms with E-state index in [1.165, 1.54) is 0 Å². The van der Waals surface area contributed by atoms with E-state index in [0.29, 0.717) is 5.82 Å². The molecule has 0 aromatic carbocycles. The summed E-state index contributed by atoms with van der Waals surface area (Å²) in [7, 11) is 0. The second kappa shape index (κ2) is 4.75. The molecule has 0 spiro atoms. The zero-order chi connectivity index (χ0) is 13.3. The summed E-state index contributed by atoms with van der Waals surface area (Å²) in [6.45, 7) is -0.138. The van der Waals surface area contributed by atoms with Crippen LogP contribution < -0.4 is 16.8 Å². The van der Waals surface area contributed by atoms with Crippen molar-refractivity contribution in [3.63, 3.8) is 0 Å². The van der Waals surface area contributed by atoms with Crippen LogP contribution in [0.25, 0.3) is 0 Å². The summed E-state index contributed by atoms with van der Waals surface area (Å²) in [5.74, 6) is 0.251. The smallest absolute Gasteiger partial charge is 0.223 e. The van der Waals surface area contributed by atoms with Crippen LogP contribution in [0.3, 0.4) is 0 Å². The van der Waals surface area contributed by atoms with E-state index < -0.39 is 5.54 Å². The molecule has 2 unspecified atom stereocenters. The second-order valence-electron chi connectivity index (χ2n) is 4.49. The van der Waals surface area contributed by atoms with Crippen molar-refractivity contribution < 1.29 is 10.2 Å². The summed E-state index contributed by atoms with van der Waals surface area (Å²) in [4.78, 5) is 7.70. The van der Waals surface area contributed by atoms with Crippen molar-refractivity contribution in [1.82, 2.24) is 9.97 Å². The summed E-state index contributed by atoms with van der Waals surface area (Å²) in [6.07, 6.45) is 1.55. The molecule has 0 radical (unpaired) electrons. The Labute approximate surface area is 109 Å². The van der Waals surface area contributed by atoms with Gasteiger partial charge in [0.2, 0.25) is 5.95 Å². The third kappa shape index (κ3) is 2.05. The summed E-state index contributed by atoms with van der Waals surface area (Å²) < 4.78 is 0. The average Bonchev–Trinajstić information content (AvgIpc) is 2.31. The van der Waals surface area contributed by atoms with Gasteiger partial charge < -0.3 is 27.0 Å². The average molecular weight is 274 g/mol. The Morgan fingerprint density at radius 2 is 2.11 bits per heavy atom. The van der Waals surface area contributed by atoms with Crippen molar-refractivity contribution in [3.8, 4) is 0 Å². The molecular formula is C10H16ClN5O2. The number of rotatable bonds is 4. The Hall–Kier alpha value is -1.31. The molecule has 0 aliphatic heterocycles. The number of hydrogen-bond donors (Lipinski definition) is 5. The summed E-state index contributed by atoms with van der Waals surface area (Å²) in [5, 5.41) is 21.9. The number of halogens is 1. The van der Waals surface area contributed by atoms with E-state index in [1.807, 2.05) is 0 Å². The SMILES string of the molecule is Nc1nc(Cl)c(N)c(NC2(CO)CCC2CO)n1. The van der Waals surface area contributed by atoms with Gasteiger partial charge in [-0.15, -0.1) is 0 Å². The molecule has 2 rings (SSSR count). The number of nitrogens with two attached hydrogens (primary N) is 2. The molecule has 0 amide bonds. The Bertz CT molecular complexity index is 452. The standard InChI is InChI=1S/C10H16ClN5O2/c11-7-6(12)8(15-9(13)14-7)16-10(4-18)2-1-5(10)3-17/h5,17-18H,1-4,12H2,(H3,13,14,15,16). The molecule has 8 heteroatoms. The van der Waals surface area contributed by atoms with E-state index in [9.17, 15) is 10.2 Å². The van der Waals surface area contributed by atoms with E-state index in [1.54, 1.807) is 0 Å². The molecule has 0 saturated heterocycles. The molecule has 18 heavy (non-hydrogen) atoms. The van der Waals surface area contributed by atoms with Gasteiger partial charge in [-0.1, -0.05) is 11.6 Å². The van der Waals surface area contributed by atoms with Crippen LogP contribution in [0.15, 0.2) is 0 Å². The summed E-state index contributed by atoms with van der Waals surface area (Å²) in [5.41, 5.74) is 10.8.